The molecule has 3 aromatic carbocycles. The van der Waals surface area contributed by atoms with Gasteiger partial charge in [0.05, 0.1) is 6.61 Å². The number of nitrogens with one attached hydrogen (secondary N) is 1. The minimum absolute atomic E-state index is 0.0331. The highest BCUT2D eigenvalue weighted by molar-refractivity contribution is 5.97. The Morgan fingerprint density at radius 3 is 2.02 bits per heavy atom. The maximum absolute atomic E-state index is 13.5. The van der Waals surface area contributed by atoms with Gasteiger partial charge in [-0.25, -0.2) is 0 Å². The number of piperazine rings is 1. The van der Waals surface area contributed by atoms with Gasteiger partial charge in [-0.2, -0.15) is 0 Å². The average molecular weight is 585 g/mol. The lowest BCUT2D eigenvalue weighted by atomic mass is 10.0. The maximum Gasteiger partial charge on any atom is 0.251 e. The number of carbonyl (C=O) groups is 2. The predicted molar refractivity (Wildman–Crippen MR) is 173 cm³/mol. The minimum Gasteiger partial charge on any atom is -0.494 e. The Morgan fingerprint density at radius 1 is 0.791 bits per heavy atom. The van der Waals surface area contributed by atoms with Crippen LogP contribution in [0.5, 0.6) is 5.75 Å². The molecule has 230 valence electrons. The van der Waals surface area contributed by atoms with Gasteiger partial charge >= 0.3 is 0 Å². The molecule has 0 aliphatic carbocycles. The van der Waals surface area contributed by atoms with E-state index in [4.69, 9.17) is 4.74 Å². The second kappa shape index (κ2) is 17.4. The lowest BCUT2D eigenvalue weighted by Crippen LogP contribution is -2.50. The van der Waals surface area contributed by atoms with Crippen molar-refractivity contribution in [2.75, 3.05) is 52.4 Å². The molecule has 1 heterocycles. The maximum atomic E-state index is 13.5. The van der Waals surface area contributed by atoms with E-state index in [0.29, 0.717) is 31.7 Å². The van der Waals surface area contributed by atoms with E-state index in [1.54, 1.807) is 12.1 Å². The van der Waals surface area contributed by atoms with E-state index in [1.807, 2.05) is 47.4 Å². The van der Waals surface area contributed by atoms with E-state index in [9.17, 15) is 9.59 Å². The van der Waals surface area contributed by atoms with E-state index in [2.05, 4.69) is 59.3 Å². The van der Waals surface area contributed by atoms with Gasteiger partial charge in [0.15, 0.2) is 0 Å². The molecular formula is C36H48N4O3. The molecule has 0 bridgehead atoms. The van der Waals surface area contributed by atoms with Gasteiger partial charge in [0.1, 0.15) is 11.8 Å². The molecule has 2 amide bonds. The van der Waals surface area contributed by atoms with Gasteiger partial charge in [0.2, 0.25) is 5.91 Å². The van der Waals surface area contributed by atoms with Crippen molar-refractivity contribution in [2.24, 2.45) is 0 Å². The number of rotatable bonds is 16. The summed E-state index contributed by atoms with van der Waals surface area (Å²) in [5.74, 6) is 0.560. The zero-order valence-corrected chi connectivity index (χ0v) is 25.9. The van der Waals surface area contributed by atoms with Crippen molar-refractivity contribution in [3.8, 4) is 5.75 Å². The lowest BCUT2D eigenvalue weighted by molar-refractivity contribution is -0.133. The molecule has 0 radical (unpaired) electrons. The van der Waals surface area contributed by atoms with Gasteiger partial charge in [-0.05, 0) is 54.7 Å². The van der Waals surface area contributed by atoms with E-state index >= 15 is 0 Å². The summed E-state index contributed by atoms with van der Waals surface area (Å²) in [4.78, 5) is 33.5. The number of benzene rings is 3. The summed E-state index contributed by atoms with van der Waals surface area (Å²) in [6.07, 6.45) is 3.16. The number of hydrogen-bond acceptors (Lipinski definition) is 5. The Kier molecular flexibility index (Phi) is 13.1. The molecule has 3 aromatic rings. The van der Waals surface area contributed by atoms with Crippen LogP contribution in [0.3, 0.4) is 0 Å². The smallest absolute Gasteiger partial charge is 0.251 e. The molecule has 7 heteroatoms. The number of ether oxygens (including phenoxy) is 1. The number of hydrogen-bond donors (Lipinski definition) is 1. The van der Waals surface area contributed by atoms with Crippen molar-refractivity contribution >= 4 is 11.8 Å². The third-order valence-electron chi connectivity index (χ3n) is 7.90. The molecule has 0 saturated carbocycles. The number of nitrogens with zero attached hydrogens (tertiary/aromatic N) is 3. The average Bonchev–Trinajstić information content (AvgIpc) is 3.04. The highest BCUT2D eigenvalue weighted by Crippen LogP contribution is 2.16. The predicted octanol–water partition coefficient (Wildman–Crippen LogP) is 5.26. The van der Waals surface area contributed by atoms with Crippen LogP contribution in [0.2, 0.25) is 0 Å². The van der Waals surface area contributed by atoms with Crippen LogP contribution in [0.4, 0.5) is 0 Å². The molecule has 1 aliphatic heterocycles. The molecule has 1 saturated heterocycles. The van der Waals surface area contributed by atoms with Crippen LogP contribution in [0, 0.1) is 0 Å². The molecule has 1 N–H and O–H groups in total. The Balaban J connectivity index is 1.24. The molecule has 1 unspecified atom stereocenters. The van der Waals surface area contributed by atoms with Crippen LogP contribution in [0.1, 0.15) is 54.6 Å². The summed E-state index contributed by atoms with van der Waals surface area (Å²) in [6.45, 7) is 12.6. The zero-order chi connectivity index (χ0) is 30.3. The highest BCUT2D eigenvalue weighted by Gasteiger charge is 2.26. The zero-order valence-electron chi connectivity index (χ0n) is 25.9. The first-order valence-corrected chi connectivity index (χ1v) is 15.9. The SMILES string of the molecule is CCCN(CCC)C(=O)C(Cc1ccc(OCCCN2CCN(Cc3ccccc3)CC2)cc1)NC(=O)c1ccccc1. The van der Waals surface area contributed by atoms with Crippen LogP contribution >= 0.6 is 0 Å². The molecule has 1 fully saturated rings. The van der Waals surface area contributed by atoms with E-state index < -0.39 is 6.04 Å². The van der Waals surface area contributed by atoms with E-state index in [1.165, 1.54) is 5.56 Å². The van der Waals surface area contributed by atoms with Gasteiger partial charge in [0, 0.05) is 64.3 Å². The molecule has 1 atom stereocenters. The fourth-order valence-electron chi connectivity index (χ4n) is 5.57. The molecular weight excluding hydrogens is 536 g/mol. The van der Waals surface area contributed by atoms with Gasteiger partial charge in [0.25, 0.3) is 5.91 Å². The summed E-state index contributed by atoms with van der Waals surface area (Å²) in [5.41, 5.74) is 2.92. The summed E-state index contributed by atoms with van der Waals surface area (Å²) in [6, 6.07) is 27.1. The van der Waals surface area contributed by atoms with Gasteiger partial charge in [-0.15, -0.1) is 0 Å². The molecule has 0 spiro atoms. The molecule has 7 nitrogen and oxygen atoms in total. The Morgan fingerprint density at radius 2 is 1.40 bits per heavy atom. The van der Waals surface area contributed by atoms with Crippen molar-refractivity contribution in [1.29, 1.82) is 0 Å². The van der Waals surface area contributed by atoms with Crippen molar-refractivity contribution in [3.05, 3.63) is 102 Å². The Labute approximate surface area is 257 Å². The van der Waals surface area contributed by atoms with Crippen molar-refractivity contribution < 1.29 is 14.3 Å². The van der Waals surface area contributed by atoms with E-state index in [0.717, 1.165) is 69.8 Å². The van der Waals surface area contributed by atoms with Gasteiger partial charge in [-0.3, -0.25) is 14.5 Å². The van der Waals surface area contributed by atoms with Crippen molar-refractivity contribution in [1.82, 2.24) is 20.0 Å². The fourth-order valence-corrected chi connectivity index (χ4v) is 5.57. The summed E-state index contributed by atoms with van der Waals surface area (Å²) in [5, 5.41) is 3.01. The monoisotopic (exact) mass is 584 g/mol. The largest absolute Gasteiger partial charge is 0.494 e. The third kappa shape index (κ3) is 10.5. The summed E-state index contributed by atoms with van der Waals surface area (Å²) < 4.78 is 6.05. The second-order valence-corrected chi connectivity index (χ2v) is 11.4. The minimum atomic E-state index is -0.634. The topological polar surface area (TPSA) is 65.1 Å². The van der Waals surface area contributed by atoms with Gasteiger partial charge < -0.3 is 19.9 Å². The number of carbonyl (C=O) groups excluding carboxylic acids is 2. The molecule has 4 rings (SSSR count). The van der Waals surface area contributed by atoms with Crippen LogP contribution in [-0.2, 0) is 17.8 Å². The lowest BCUT2D eigenvalue weighted by Gasteiger charge is -2.34. The quantitative estimate of drug-likeness (QED) is 0.233. The normalized spacial score (nSPS) is 14.7. The molecule has 1 aliphatic rings. The van der Waals surface area contributed by atoms with Crippen LogP contribution < -0.4 is 10.1 Å². The Hall–Kier alpha value is -3.68. The standard InChI is InChI=1S/C36H48N4O3/c1-3-20-40(21-4-2)36(42)34(37-35(41)32-14-9-6-10-15-32)28-30-16-18-33(19-17-30)43-27-11-22-38-23-25-39(26-24-38)29-31-12-7-5-8-13-31/h5-10,12-19,34H,3-4,11,20-29H2,1-2H3,(H,37,41). The van der Waals surface area contributed by atoms with Crippen LogP contribution in [0.25, 0.3) is 0 Å². The first kappa shape index (κ1) is 32.2. The van der Waals surface area contributed by atoms with Crippen molar-refractivity contribution in [3.63, 3.8) is 0 Å². The second-order valence-electron chi connectivity index (χ2n) is 11.4. The van der Waals surface area contributed by atoms with Crippen molar-refractivity contribution in [2.45, 2.75) is 52.1 Å². The highest BCUT2D eigenvalue weighted by atomic mass is 16.5. The summed E-state index contributed by atoms with van der Waals surface area (Å²) >= 11 is 0. The summed E-state index contributed by atoms with van der Waals surface area (Å²) in [7, 11) is 0. The molecule has 0 aromatic heterocycles. The van der Waals surface area contributed by atoms with Crippen LogP contribution in [0.15, 0.2) is 84.9 Å². The molecule has 43 heavy (non-hydrogen) atoms. The Bertz CT molecular complexity index is 1220. The van der Waals surface area contributed by atoms with Crippen LogP contribution in [-0.4, -0.2) is 85.0 Å². The van der Waals surface area contributed by atoms with Gasteiger partial charge in [-0.1, -0.05) is 74.5 Å². The first-order valence-electron chi connectivity index (χ1n) is 15.9. The first-order chi connectivity index (χ1) is 21.1. The fraction of sp³-hybridized carbons (Fsp3) is 0.444. The van der Waals surface area contributed by atoms with E-state index in [-0.39, 0.29) is 11.8 Å². The number of amides is 2. The third-order valence-corrected chi connectivity index (χ3v) is 7.90.